The first-order valence-electron chi connectivity index (χ1n) is 10.1. The topological polar surface area (TPSA) is 141 Å². The quantitative estimate of drug-likeness (QED) is 0.481. The maximum atomic E-state index is 14.6. The minimum Gasteiger partial charge on any atom is -0.481 e. The van der Waals surface area contributed by atoms with Gasteiger partial charge >= 0.3 is 12.1 Å². The van der Waals surface area contributed by atoms with Crippen molar-refractivity contribution >= 4 is 23.7 Å². The number of pyridine rings is 1. The van der Waals surface area contributed by atoms with Crippen molar-refractivity contribution in [1.29, 1.82) is 0 Å². The molecule has 34 heavy (non-hydrogen) atoms. The van der Waals surface area contributed by atoms with Crippen molar-refractivity contribution in [2.45, 2.75) is 45.4 Å². The SMILES string of the molecule is CC(C)(C)OC(=O)NC(CC(=O)O)Cn1nnc(-c2ccc(Oc3ccc(Cl)cn3)c(F)c2)n1. The summed E-state index contributed by atoms with van der Waals surface area (Å²) in [5.74, 6) is -1.60. The molecular formula is C21H22ClFN6O5. The maximum absolute atomic E-state index is 14.6. The standard InChI is InChI=1S/C21H22ClFN6O5/c1-21(2,3)34-20(32)25-14(9-18(30)31)11-29-27-19(26-28-29)12-4-6-16(15(23)8-12)33-17-7-5-13(22)10-24-17/h4-8,10,14H,9,11H2,1-3H3,(H,25,32)(H,30,31). The van der Waals surface area contributed by atoms with E-state index in [0.717, 1.165) is 4.80 Å². The van der Waals surface area contributed by atoms with Gasteiger partial charge < -0.3 is 19.9 Å². The summed E-state index contributed by atoms with van der Waals surface area (Å²) in [4.78, 5) is 28.3. The molecule has 1 atom stereocenters. The van der Waals surface area contributed by atoms with Gasteiger partial charge in [0, 0.05) is 17.8 Å². The van der Waals surface area contributed by atoms with Crippen LogP contribution in [0.4, 0.5) is 9.18 Å². The molecule has 13 heteroatoms. The normalized spacial score (nSPS) is 12.1. The summed E-state index contributed by atoms with van der Waals surface area (Å²) in [5.41, 5.74) is -0.435. The Balaban J connectivity index is 1.70. The highest BCUT2D eigenvalue weighted by Gasteiger charge is 2.23. The Morgan fingerprint density at radius 3 is 2.65 bits per heavy atom. The first-order chi connectivity index (χ1) is 16.0. The lowest BCUT2D eigenvalue weighted by molar-refractivity contribution is -0.137. The van der Waals surface area contributed by atoms with Crippen molar-refractivity contribution in [2.24, 2.45) is 0 Å². The maximum Gasteiger partial charge on any atom is 0.407 e. The largest absolute Gasteiger partial charge is 0.481 e. The molecule has 2 aromatic heterocycles. The van der Waals surface area contributed by atoms with Crippen LogP contribution in [0.5, 0.6) is 11.6 Å². The van der Waals surface area contributed by atoms with Crippen LogP contribution in [0.15, 0.2) is 36.5 Å². The average molecular weight is 493 g/mol. The lowest BCUT2D eigenvalue weighted by Crippen LogP contribution is -2.42. The number of aliphatic carboxylic acids is 1. The summed E-state index contributed by atoms with van der Waals surface area (Å²) in [7, 11) is 0. The van der Waals surface area contributed by atoms with Crippen LogP contribution in [-0.4, -0.2) is 54.0 Å². The van der Waals surface area contributed by atoms with Crippen molar-refractivity contribution < 1.29 is 28.6 Å². The van der Waals surface area contributed by atoms with Gasteiger partial charge in [-0.2, -0.15) is 4.80 Å². The van der Waals surface area contributed by atoms with Gasteiger partial charge in [0.25, 0.3) is 0 Å². The third kappa shape index (κ3) is 7.37. The van der Waals surface area contributed by atoms with Gasteiger partial charge in [-0.3, -0.25) is 4.79 Å². The molecule has 11 nitrogen and oxygen atoms in total. The summed E-state index contributed by atoms with van der Waals surface area (Å²) in [5, 5.41) is 23.9. The van der Waals surface area contributed by atoms with Gasteiger partial charge in [0.1, 0.15) is 5.60 Å². The van der Waals surface area contributed by atoms with Gasteiger partial charge in [-0.15, -0.1) is 10.2 Å². The van der Waals surface area contributed by atoms with Gasteiger partial charge in [-0.1, -0.05) is 11.6 Å². The number of aromatic nitrogens is 5. The molecule has 3 rings (SSSR count). The summed E-state index contributed by atoms with van der Waals surface area (Å²) in [6.45, 7) is 4.97. The fraction of sp³-hybridized carbons (Fsp3) is 0.333. The molecular weight excluding hydrogens is 471 g/mol. The molecule has 2 heterocycles. The minimum absolute atomic E-state index is 0.0611. The van der Waals surface area contributed by atoms with Crippen LogP contribution in [-0.2, 0) is 16.1 Å². The number of carboxylic acid groups (broad SMARTS) is 1. The van der Waals surface area contributed by atoms with Crippen molar-refractivity contribution in [2.75, 3.05) is 0 Å². The van der Waals surface area contributed by atoms with Gasteiger partial charge in [-0.05, 0) is 50.3 Å². The van der Waals surface area contributed by atoms with E-state index in [4.69, 9.17) is 26.2 Å². The van der Waals surface area contributed by atoms with Gasteiger partial charge in [0.2, 0.25) is 11.7 Å². The Hall–Kier alpha value is -3.80. The molecule has 1 aromatic carbocycles. The first kappa shape index (κ1) is 24.8. The number of hydrogen-bond acceptors (Lipinski definition) is 8. The molecule has 3 aromatic rings. The highest BCUT2D eigenvalue weighted by molar-refractivity contribution is 6.30. The number of carbonyl (C=O) groups excluding carboxylic acids is 1. The summed E-state index contributed by atoms with van der Waals surface area (Å²) in [6.07, 6.45) is 0.211. The lowest BCUT2D eigenvalue weighted by atomic mass is 10.2. The molecule has 0 spiro atoms. The third-order valence-electron chi connectivity index (χ3n) is 4.08. The Kier molecular flexibility index (Phi) is 7.61. The van der Waals surface area contributed by atoms with E-state index in [1.54, 1.807) is 26.8 Å². The zero-order valence-electron chi connectivity index (χ0n) is 18.5. The summed E-state index contributed by atoms with van der Waals surface area (Å²) < 4.78 is 25.1. The lowest BCUT2D eigenvalue weighted by Gasteiger charge is -2.22. The number of rotatable bonds is 8. The van der Waals surface area contributed by atoms with Crippen LogP contribution in [0.25, 0.3) is 11.4 Å². The van der Waals surface area contributed by atoms with E-state index in [9.17, 15) is 14.0 Å². The average Bonchev–Trinajstić information content (AvgIpc) is 3.17. The zero-order chi connectivity index (χ0) is 24.9. The second-order valence-corrected chi connectivity index (χ2v) is 8.61. The third-order valence-corrected chi connectivity index (χ3v) is 4.31. The predicted octanol–water partition coefficient (Wildman–Crippen LogP) is 3.69. The predicted molar refractivity (Wildman–Crippen MR) is 118 cm³/mol. The monoisotopic (exact) mass is 492 g/mol. The van der Waals surface area contributed by atoms with E-state index in [-0.39, 0.29) is 24.0 Å². The molecule has 2 N–H and O–H groups in total. The Morgan fingerprint density at radius 1 is 1.26 bits per heavy atom. The number of tetrazole rings is 1. The van der Waals surface area contributed by atoms with E-state index in [0.29, 0.717) is 10.6 Å². The zero-order valence-corrected chi connectivity index (χ0v) is 19.3. The second-order valence-electron chi connectivity index (χ2n) is 8.17. The molecule has 1 amide bonds. The Morgan fingerprint density at radius 2 is 2.03 bits per heavy atom. The van der Waals surface area contributed by atoms with E-state index < -0.39 is 35.9 Å². The van der Waals surface area contributed by atoms with Crippen LogP contribution in [0.3, 0.4) is 0 Å². The molecule has 180 valence electrons. The number of amides is 1. The van der Waals surface area contributed by atoms with Crippen molar-refractivity contribution in [3.63, 3.8) is 0 Å². The Labute approximate surface area is 198 Å². The Bertz CT molecular complexity index is 1170. The number of carbonyl (C=O) groups is 2. The van der Waals surface area contributed by atoms with Crippen LogP contribution >= 0.6 is 11.6 Å². The molecule has 0 aliphatic heterocycles. The molecule has 0 saturated heterocycles. The molecule has 0 saturated carbocycles. The van der Waals surface area contributed by atoms with E-state index >= 15 is 0 Å². The number of nitrogens with zero attached hydrogens (tertiary/aromatic N) is 5. The highest BCUT2D eigenvalue weighted by atomic mass is 35.5. The fourth-order valence-electron chi connectivity index (χ4n) is 2.74. The number of benzene rings is 1. The van der Waals surface area contributed by atoms with Gasteiger partial charge in [-0.25, -0.2) is 14.2 Å². The summed E-state index contributed by atoms with van der Waals surface area (Å²) >= 11 is 5.77. The molecule has 0 aliphatic rings. The van der Waals surface area contributed by atoms with Crippen LogP contribution in [0.2, 0.25) is 5.02 Å². The summed E-state index contributed by atoms with van der Waals surface area (Å²) in [6, 6.07) is 6.28. The highest BCUT2D eigenvalue weighted by Crippen LogP contribution is 2.27. The van der Waals surface area contributed by atoms with Gasteiger partial charge in [0.05, 0.1) is 24.0 Å². The smallest absolute Gasteiger partial charge is 0.407 e. The molecule has 1 unspecified atom stereocenters. The van der Waals surface area contributed by atoms with Crippen molar-refractivity contribution in [3.8, 4) is 23.0 Å². The van der Waals surface area contributed by atoms with E-state index in [1.165, 1.54) is 30.5 Å². The fourth-order valence-corrected chi connectivity index (χ4v) is 2.85. The van der Waals surface area contributed by atoms with Crippen LogP contribution in [0.1, 0.15) is 27.2 Å². The first-order valence-corrected chi connectivity index (χ1v) is 10.4. The molecule has 0 fully saturated rings. The van der Waals surface area contributed by atoms with E-state index in [1.807, 2.05) is 0 Å². The number of halogens is 2. The van der Waals surface area contributed by atoms with Crippen molar-refractivity contribution in [3.05, 3.63) is 47.4 Å². The van der Waals surface area contributed by atoms with Crippen molar-refractivity contribution in [1.82, 2.24) is 30.5 Å². The number of ether oxygens (including phenoxy) is 2. The van der Waals surface area contributed by atoms with E-state index in [2.05, 4.69) is 25.7 Å². The number of alkyl carbamates (subject to hydrolysis) is 1. The van der Waals surface area contributed by atoms with Crippen LogP contribution in [0, 0.1) is 5.82 Å². The number of nitrogens with one attached hydrogen (secondary N) is 1. The van der Waals surface area contributed by atoms with Crippen LogP contribution < -0.4 is 10.1 Å². The molecule has 0 aliphatic carbocycles. The minimum atomic E-state index is -1.13. The van der Waals surface area contributed by atoms with Gasteiger partial charge in [0.15, 0.2) is 11.6 Å². The number of carboxylic acids is 1. The molecule has 0 radical (unpaired) electrons. The second kappa shape index (κ2) is 10.4. The number of hydrogen-bond donors (Lipinski definition) is 2. The molecule has 0 bridgehead atoms.